The van der Waals surface area contributed by atoms with E-state index in [2.05, 4.69) is 20.8 Å². The number of urea groups is 1. The van der Waals surface area contributed by atoms with Gasteiger partial charge < -0.3 is 10.1 Å². The van der Waals surface area contributed by atoms with Crippen LogP contribution >= 0.6 is 0 Å². The molecular weight excluding hydrogens is 390 g/mol. The Labute approximate surface area is 170 Å². The van der Waals surface area contributed by atoms with Gasteiger partial charge in [0.1, 0.15) is 4.90 Å². The number of amides is 2. The molecule has 1 unspecified atom stereocenters. The highest BCUT2D eigenvalue weighted by molar-refractivity contribution is 7.91. The third-order valence-corrected chi connectivity index (χ3v) is 7.37. The van der Waals surface area contributed by atoms with Crippen LogP contribution < -0.4 is 15.2 Å². The largest absolute Gasteiger partial charge is 0.477 e. The van der Waals surface area contributed by atoms with E-state index in [-0.39, 0.29) is 4.90 Å². The normalized spacial score (nSPS) is 19.3. The van der Waals surface area contributed by atoms with E-state index in [9.17, 15) is 9.00 Å². The number of nitrogens with one attached hydrogen (secondary N) is 1. The fourth-order valence-electron chi connectivity index (χ4n) is 4.72. The van der Waals surface area contributed by atoms with Crippen LogP contribution in [-0.4, -0.2) is 26.6 Å². The maximum Gasteiger partial charge on any atom is 0.354 e. The Balaban J connectivity index is 1.45. The van der Waals surface area contributed by atoms with Crippen LogP contribution in [0.15, 0.2) is 21.5 Å². The van der Waals surface area contributed by atoms with Gasteiger partial charge in [-0.3, -0.25) is 0 Å². The monoisotopic (exact) mass is 415 g/mol. The molecule has 2 amide bonds. The molecule has 2 heterocycles. The first-order chi connectivity index (χ1) is 14.0. The molecule has 9 heteroatoms. The zero-order valence-electron chi connectivity index (χ0n) is 16.3. The van der Waals surface area contributed by atoms with Crippen molar-refractivity contribution in [1.29, 1.82) is 0 Å². The molecule has 1 aromatic carbocycles. The number of hydrogen-bond acceptors (Lipinski definition) is 4. The average molecular weight is 416 g/mol. The number of aryl methyl sites for hydroxylation is 2. The number of anilines is 1. The van der Waals surface area contributed by atoms with Gasteiger partial charge in [-0.15, -0.1) is 4.36 Å². The van der Waals surface area contributed by atoms with Crippen molar-refractivity contribution in [3.63, 3.8) is 0 Å². The zero-order valence-corrected chi connectivity index (χ0v) is 17.1. The Hall–Kier alpha value is -2.39. The predicted octanol–water partition coefficient (Wildman–Crippen LogP) is 2.97. The Morgan fingerprint density at radius 1 is 1.14 bits per heavy atom. The standard InChI is InChI=1S/C20H25N5O3S/c21-29(27,18-12-22-25-9-1-2-10-28-19(18)25)24-20(26)23-17-11-13-5-3-6-14(13)15-7-4-8-16(15)17/h11-12H,1-10H2,(H3,21,23,24,26,27). The molecule has 8 nitrogen and oxygen atoms in total. The van der Waals surface area contributed by atoms with Gasteiger partial charge in [0.15, 0.2) is 9.92 Å². The molecule has 2 aliphatic carbocycles. The zero-order chi connectivity index (χ0) is 20.0. The van der Waals surface area contributed by atoms with Gasteiger partial charge in [0.05, 0.1) is 12.8 Å². The quantitative estimate of drug-likeness (QED) is 0.785. The van der Waals surface area contributed by atoms with Crippen LogP contribution in [0.5, 0.6) is 5.88 Å². The number of nitrogens with zero attached hydrogens (tertiary/aromatic N) is 3. The fraction of sp³-hybridized carbons (Fsp3) is 0.500. The van der Waals surface area contributed by atoms with Crippen LogP contribution in [0.25, 0.3) is 0 Å². The van der Waals surface area contributed by atoms with Crippen molar-refractivity contribution in [2.75, 3.05) is 11.9 Å². The van der Waals surface area contributed by atoms with Crippen LogP contribution in [0, 0.1) is 0 Å². The molecule has 5 rings (SSSR count). The van der Waals surface area contributed by atoms with E-state index >= 15 is 0 Å². The van der Waals surface area contributed by atoms with Gasteiger partial charge in [-0.05, 0) is 79.7 Å². The lowest BCUT2D eigenvalue weighted by molar-refractivity contribution is 0.260. The molecule has 154 valence electrons. The lowest BCUT2D eigenvalue weighted by Crippen LogP contribution is -2.19. The molecular formula is C20H25N5O3S. The lowest BCUT2D eigenvalue weighted by Gasteiger charge is -2.14. The first kappa shape index (κ1) is 18.6. The summed E-state index contributed by atoms with van der Waals surface area (Å²) in [5.74, 6) is 0.352. The SMILES string of the molecule is NS(=O)(=NC(=O)Nc1cc2c(c3c1CCC3)CCC2)c1cnn2c1OCCCC2. The predicted molar refractivity (Wildman–Crippen MR) is 109 cm³/mol. The number of nitrogens with two attached hydrogens (primary N) is 1. The van der Waals surface area contributed by atoms with Crippen molar-refractivity contribution in [2.24, 2.45) is 9.50 Å². The van der Waals surface area contributed by atoms with E-state index in [0.29, 0.717) is 19.0 Å². The van der Waals surface area contributed by atoms with Crippen molar-refractivity contribution >= 4 is 21.6 Å². The summed E-state index contributed by atoms with van der Waals surface area (Å²) in [6, 6.07) is 1.37. The molecule has 3 aliphatic rings. The molecule has 2 aromatic rings. The highest BCUT2D eigenvalue weighted by Gasteiger charge is 2.26. The van der Waals surface area contributed by atoms with Crippen LogP contribution in [-0.2, 0) is 42.1 Å². The molecule has 0 fully saturated rings. The Kier molecular flexibility index (Phi) is 4.59. The van der Waals surface area contributed by atoms with E-state index in [1.54, 1.807) is 4.68 Å². The van der Waals surface area contributed by atoms with Gasteiger partial charge in [-0.1, -0.05) is 0 Å². The van der Waals surface area contributed by atoms with Gasteiger partial charge in [-0.25, -0.2) is 18.8 Å². The van der Waals surface area contributed by atoms with Gasteiger partial charge in [0.2, 0.25) is 5.88 Å². The number of rotatable bonds is 2. The highest BCUT2D eigenvalue weighted by atomic mass is 32.2. The third kappa shape index (κ3) is 3.32. The molecule has 0 bridgehead atoms. The summed E-state index contributed by atoms with van der Waals surface area (Å²) in [4.78, 5) is 12.8. The van der Waals surface area contributed by atoms with Gasteiger partial charge in [-0.2, -0.15) is 5.10 Å². The van der Waals surface area contributed by atoms with E-state index in [1.165, 1.54) is 28.5 Å². The number of ether oxygens (including phenoxy) is 1. The smallest absolute Gasteiger partial charge is 0.354 e. The minimum Gasteiger partial charge on any atom is -0.477 e. The van der Waals surface area contributed by atoms with Gasteiger partial charge in [0.25, 0.3) is 0 Å². The molecule has 0 spiro atoms. The molecule has 1 aliphatic heterocycles. The molecule has 0 saturated heterocycles. The first-order valence-corrected chi connectivity index (χ1v) is 11.8. The van der Waals surface area contributed by atoms with E-state index in [0.717, 1.165) is 57.1 Å². The summed E-state index contributed by atoms with van der Waals surface area (Å²) in [5, 5.41) is 13.0. The van der Waals surface area contributed by atoms with Crippen LogP contribution in [0.1, 0.15) is 47.9 Å². The second-order valence-electron chi connectivity index (χ2n) is 7.91. The number of aromatic nitrogens is 2. The number of hydrogen-bond donors (Lipinski definition) is 2. The number of carbonyl (C=O) groups is 1. The Bertz CT molecular complexity index is 1110. The molecule has 29 heavy (non-hydrogen) atoms. The average Bonchev–Trinajstić information content (AvgIpc) is 3.38. The summed E-state index contributed by atoms with van der Waals surface area (Å²) in [5.41, 5.74) is 6.14. The summed E-state index contributed by atoms with van der Waals surface area (Å²) in [6.07, 6.45) is 9.62. The fourth-order valence-corrected chi connectivity index (χ4v) is 5.73. The van der Waals surface area contributed by atoms with Crippen molar-refractivity contribution in [2.45, 2.75) is 62.8 Å². The lowest BCUT2D eigenvalue weighted by atomic mass is 9.98. The summed E-state index contributed by atoms with van der Waals surface area (Å²) >= 11 is 0. The molecule has 1 atom stereocenters. The van der Waals surface area contributed by atoms with E-state index in [1.807, 2.05) is 0 Å². The summed E-state index contributed by atoms with van der Waals surface area (Å²) in [6.45, 7) is 1.17. The molecule has 0 radical (unpaired) electrons. The second kappa shape index (κ2) is 7.14. The summed E-state index contributed by atoms with van der Waals surface area (Å²) in [7, 11) is -3.46. The molecule has 1 aromatic heterocycles. The molecule has 0 saturated carbocycles. The second-order valence-corrected chi connectivity index (χ2v) is 9.67. The van der Waals surface area contributed by atoms with Crippen molar-refractivity contribution < 1.29 is 13.7 Å². The third-order valence-electron chi connectivity index (χ3n) is 6.02. The van der Waals surface area contributed by atoms with Crippen molar-refractivity contribution in [3.8, 4) is 5.88 Å². The Morgan fingerprint density at radius 3 is 2.83 bits per heavy atom. The van der Waals surface area contributed by atoms with Gasteiger partial charge in [0, 0.05) is 12.2 Å². The maximum atomic E-state index is 13.1. The van der Waals surface area contributed by atoms with Crippen molar-refractivity contribution in [1.82, 2.24) is 9.78 Å². The van der Waals surface area contributed by atoms with Crippen LogP contribution in [0.4, 0.5) is 10.5 Å². The summed E-state index contributed by atoms with van der Waals surface area (Å²) < 4.78 is 24.2. The maximum absolute atomic E-state index is 13.1. The van der Waals surface area contributed by atoms with E-state index < -0.39 is 15.9 Å². The van der Waals surface area contributed by atoms with E-state index in [4.69, 9.17) is 9.88 Å². The van der Waals surface area contributed by atoms with Crippen LogP contribution in [0.3, 0.4) is 0 Å². The first-order valence-electron chi connectivity index (χ1n) is 10.2. The number of fused-ring (bicyclic) bond motifs is 4. The minimum atomic E-state index is -3.46. The minimum absolute atomic E-state index is 0.175. The van der Waals surface area contributed by atoms with Crippen LogP contribution in [0.2, 0.25) is 0 Å². The number of benzene rings is 1. The topological polar surface area (TPSA) is 112 Å². The molecule has 3 N–H and O–H groups in total. The van der Waals surface area contributed by atoms with Crippen molar-refractivity contribution in [3.05, 3.63) is 34.5 Å². The van der Waals surface area contributed by atoms with Gasteiger partial charge >= 0.3 is 6.03 Å². The highest BCUT2D eigenvalue weighted by Crippen LogP contribution is 2.38. The Morgan fingerprint density at radius 2 is 1.93 bits per heavy atom. The number of carbonyl (C=O) groups excluding carboxylic acids is 1.